The van der Waals surface area contributed by atoms with Crippen LogP contribution < -0.4 is 5.73 Å². The van der Waals surface area contributed by atoms with Crippen molar-refractivity contribution in [3.8, 4) is 0 Å². The van der Waals surface area contributed by atoms with E-state index in [-0.39, 0.29) is 12.0 Å². The van der Waals surface area contributed by atoms with Gasteiger partial charge in [0.25, 0.3) is 0 Å². The Labute approximate surface area is 97.8 Å². The van der Waals surface area contributed by atoms with E-state index in [0.717, 1.165) is 0 Å². The lowest BCUT2D eigenvalue weighted by molar-refractivity contribution is -0.0627. The Morgan fingerprint density at radius 2 is 2.00 bits per heavy atom. The van der Waals surface area contributed by atoms with Gasteiger partial charge in [0.15, 0.2) is 4.60 Å². The van der Waals surface area contributed by atoms with Crippen LogP contribution in [0.15, 0.2) is 4.60 Å². The molecule has 0 bridgehead atoms. The molecule has 1 rings (SSSR count). The molecule has 0 saturated carbocycles. The van der Waals surface area contributed by atoms with Crippen molar-refractivity contribution in [2.24, 2.45) is 18.2 Å². The Morgan fingerprint density at radius 3 is 2.27 bits per heavy atom. The molecule has 0 amide bonds. The second-order valence-corrected chi connectivity index (χ2v) is 5.42. The minimum Gasteiger partial charge on any atom is -0.382 e. The first-order chi connectivity index (χ1) is 6.74. The van der Waals surface area contributed by atoms with E-state index in [4.69, 9.17) is 5.73 Å². The highest BCUT2D eigenvalue weighted by molar-refractivity contribution is 9.10. The molecule has 0 aliphatic rings. The lowest BCUT2D eigenvalue weighted by Gasteiger charge is -2.39. The molecule has 5 nitrogen and oxygen atoms in total. The predicted molar refractivity (Wildman–Crippen MR) is 61.1 cm³/mol. The van der Waals surface area contributed by atoms with E-state index >= 15 is 0 Å². The number of aryl methyl sites for hydroxylation is 1. The van der Waals surface area contributed by atoms with Crippen molar-refractivity contribution >= 4 is 15.9 Å². The topological polar surface area (TPSA) is 77.0 Å². The number of aromatic nitrogens is 3. The first-order valence-corrected chi connectivity index (χ1v) is 5.51. The van der Waals surface area contributed by atoms with Gasteiger partial charge in [0, 0.05) is 13.6 Å². The molecule has 1 unspecified atom stereocenters. The van der Waals surface area contributed by atoms with Gasteiger partial charge in [-0.15, -0.1) is 5.10 Å². The van der Waals surface area contributed by atoms with Crippen molar-refractivity contribution in [2.45, 2.75) is 26.4 Å². The van der Waals surface area contributed by atoms with Crippen LogP contribution in [0.3, 0.4) is 0 Å². The molecule has 3 N–H and O–H groups in total. The van der Waals surface area contributed by atoms with Gasteiger partial charge in [0.1, 0.15) is 11.3 Å². The molecule has 15 heavy (non-hydrogen) atoms. The summed E-state index contributed by atoms with van der Waals surface area (Å²) in [5.41, 5.74) is 4.75. The van der Waals surface area contributed by atoms with Crippen molar-refractivity contribution in [3.05, 3.63) is 10.3 Å². The van der Waals surface area contributed by atoms with E-state index < -0.39 is 5.60 Å². The molecule has 0 radical (unpaired) electrons. The van der Waals surface area contributed by atoms with Crippen molar-refractivity contribution in [1.29, 1.82) is 0 Å². The summed E-state index contributed by atoms with van der Waals surface area (Å²) < 4.78 is 2.08. The van der Waals surface area contributed by atoms with Crippen LogP contribution in [0.2, 0.25) is 0 Å². The summed E-state index contributed by atoms with van der Waals surface area (Å²) in [6.07, 6.45) is 0. The fourth-order valence-electron chi connectivity index (χ4n) is 1.53. The Bertz CT molecular complexity index is 338. The average Bonchev–Trinajstić information content (AvgIpc) is 2.43. The molecule has 0 aliphatic carbocycles. The number of aliphatic hydroxyl groups is 1. The summed E-state index contributed by atoms with van der Waals surface area (Å²) in [5.74, 6) is 0. The third-order valence-electron chi connectivity index (χ3n) is 2.71. The molecular weight excluding hydrogens is 260 g/mol. The summed E-state index contributed by atoms with van der Waals surface area (Å²) in [5, 5.41) is 18.3. The fraction of sp³-hybridized carbons (Fsp3) is 0.778. The van der Waals surface area contributed by atoms with E-state index in [1.165, 1.54) is 0 Å². The smallest absolute Gasteiger partial charge is 0.154 e. The van der Waals surface area contributed by atoms with Crippen LogP contribution in [-0.4, -0.2) is 26.6 Å². The Kier molecular flexibility index (Phi) is 3.23. The highest BCUT2D eigenvalue weighted by Crippen LogP contribution is 2.40. The molecule has 0 saturated heterocycles. The third-order valence-corrected chi connectivity index (χ3v) is 3.25. The first-order valence-electron chi connectivity index (χ1n) is 4.72. The van der Waals surface area contributed by atoms with Gasteiger partial charge >= 0.3 is 0 Å². The summed E-state index contributed by atoms with van der Waals surface area (Å²) in [4.78, 5) is 0. The molecule has 1 atom stereocenters. The lowest BCUT2D eigenvalue weighted by atomic mass is 9.74. The molecule has 1 aromatic heterocycles. The number of hydrogen-bond acceptors (Lipinski definition) is 4. The molecule has 0 aromatic carbocycles. The zero-order valence-corrected chi connectivity index (χ0v) is 11.0. The monoisotopic (exact) mass is 276 g/mol. The highest BCUT2D eigenvalue weighted by atomic mass is 79.9. The first kappa shape index (κ1) is 12.6. The predicted octanol–water partition coefficient (Wildman–Crippen LogP) is 0.770. The lowest BCUT2D eigenvalue weighted by Crippen LogP contribution is -2.47. The Balaban J connectivity index is 3.36. The number of hydrogen-bond donors (Lipinski definition) is 2. The summed E-state index contributed by atoms with van der Waals surface area (Å²) in [7, 11) is 1.74. The third kappa shape index (κ3) is 1.93. The van der Waals surface area contributed by atoms with Gasteiger partial charge in [0.05, 0.1) is 0 Å². The minimum atomic E-state index is -1.15. The van der Waals surface area contributed by atoms with E-state index in [9.17, 15) is 5.11 Å². The summed E-state index contributed by atoms with van der Waals surface area (Å²) in [6, 6.07) is 0. The zero-order chi connectivity index (χ0) is 11.9. The second-order valence-electron chi connectivity index (χ2n) is 4.67. The molecule has 1 heterocycles. The Morgan fingerprint density at radius 1 is 1.47 bits per heavy atom. The fourth-order valence-corrected chi connectivity index (χ4v) is 2.18. The van der Waals surface area contributed by atoms with E-state index in [1.54, 1.807) is 11.7 Å². The van der Waals surface area contributed by atoms with Crippen molar-refractivity contribution in [2.75, 3.05) is 6.54 Å². The van der Waals surface area contributed by atoms with E-state index in [2.05, 4.69) is 26.2 Å². The maximum atomic E-state index is 10.6. The maximum Gasteiger partial charge on any atom is 0.154 e. The number of nitrogens with two attached hydrogens (primary N) is 1. The van der Waals surface area contributed by atoms with Crippen LogP contribution in [0.4, 0.5) is 0 Å². The second kappa shape index (κ2) is 3.84. The van der Waals surface area contributed by atoms with Gasteiger partial charge in [-0.3, -0.25) is 0 Å². The Hall–Kier alpha value is -0.460. The standard InChI is InChI=1S/C9H17BrN4O/c1-8(2,3)9(15,5-11)6-7(10)12-13-14(6)4/h15H,5,11H2,1-4H3. The molecular formula is C9H17BrN4O. The largest absolute Gasteiger partial charge is 0.382 e. The van der Waals surface area contributed by atoms with Crippen molar-refractivity contribution in [3.63, 3.8) is 0 Å². The van der Waals surface area contributed by atoms with E-state index in [1.807, 2.05) is 20.8 Å². The van der Waals surface area contributed by atoms with Crippen LogP contribution in [0.5, 0.6) is 0 Å². The number of rotatable bonds is 2. The summed E-state index contributed by atoms with van der Waals surface area (Å²) in [6.45, 7) is 5.91. The summed E-state index contributed by atoms with van der Waals surface area (Å²) >= 11 is 3.28. The molecule has 1 aromatic rings. The molecule has 0 fully saturated rings. The van der Waals surface area contributed by atoms with Gasteiger partial charge in [-0.2, -0.15) is 0 Å². The van der Waals surface area contributed by atoms with Crippen LogP contribution in [0.1, 0.15) is 26.5 Å². The van der Waals surface area contributed by atoms with Crippen LogP contribution in [-0.2, 0) is 12.6 Å². The SMILES string of the molecule is Cn1nnc(Br)c1C(O)(CN)C(C)(C)C. The quantitative estimate of drug-likeness (QED) is 0.837. The number of nitrogens with zero attached hydrogens (tertiary/aromatic N) is 3. The number of halogens is 1. The van der Waals surface area contributed by atoms with E-state index in [0.29, 0.717) is 10.3 Å². The maximum absolute atomic E-state index is 10.6. The van der Waals surface area contributed by atoms with Gasteiger partial charge in [-0.1, -0.05) is 26.0 Å². The van der Waals surface area contributed by atoms with Crippen LogP contribution in [0.25, 0.3) is 0 Å². The van der Waals surface area contributed by atoms with Gasteiger partial charge < -0.3 is 10.8 Å². The molecule has 0 spiro atoms. The normalized spacial score (nSPS) is 16.5. The van der Waals surface area contributed by atoms with Crippen molar-refractivity contribution in [1.82, 2.24) is 15.0 Å². The van der Waals surface area contributed by atoms with Gasteiger partial charge in [-0.25, -0.2) is 4.68 Å². The molecule has 6 heteroatoms. The van der Waals surface area contributed by atoms with Gasteiger partial charge in [-0.05, 0) is 21.3 Å². The van der Waals surface area contributed by atoms with Gasteiger partial charge in [0.2, 0.25) is 0 Å². The van der Waals surface area contributed by atoms with Crippen molar-refractivity contribution < 1.29 is 5.11 Å². The molecule has 0 aliphatic heterocycles. The molecule has 86 valence electrons. The zero-order valence-electron chi connectivity index (χ0n) is 9.45. The highest BCUT2D eigenvalue weighted by Gasteiger charge is 2.44. The van der Waals surface area contributed by atoms with Crippen LogP contribution >= 0.6 is 15.9 Å². The van der Waals surface area contributed by atoms with Crippen LogP contribution in [0, 0.1) is 5.41 Å². The minimum absolute atomic E-state index is 0.121. The average molecular weight is 277 g/mol.